The molecule has 11 heteroatoms. The van der Waals surface area contributed by atoms with E-state index in [-0.39, 0.29) is 17.5 Å². The van der Waals surface area contributed by atoms with Crippen molar-refractivity contribution in [2.45, 2.75) is 19.4 Å². The predicted octanol–water partition coefficient (Wildman–Crippen LogP) is 6.56. The lowest BCUT2D eigenvalue weighted by Crippen LogP contribution is -2.51. The number of rotatable bonds is 4. The van der Waals surface area contributed by atoms with Crippen LogP contribution in [0.2, 0.25) is 10.0 Å². The quantitative estimate of drug-likeness (QED) is 0.247. The average Bonchev–Trinajstić information content (AvgIpc) is 3.11. The number of fused-ring (bicyclic) bond motifs is 2. The van der Waals surface area contributed by atoms with Crippen LogP contribution < -0.4 is 10.6 Å². The number of halogens is 4. The van der Waals surface area contributed by atoms with Crippen LogP contribution in [0.5, 0.6) is 0 Å². The molecule has 4 aromatic rings. The molecule has 1 amide bonds. The van der Waals surface area contributed by atoms with Gasteiger partial charge in [0.2, 0.25) is 5.95 Å². The molecule has 2 aliphatic heterocycles. The summed E-state index contributed by atoms with van der Waals surface area (Å²) in [6.07, 6.45) is 3.44. The van der Waals surface area contributed by atoms with E-state index in [1.165, 1.54) is 24.3 Å². The van der Waals surface area contributed by atoms with Gasteiger partial charge in [-0.1, -0.05) is 29.3 Å². The SMILES string of the molecule is CC1CN(C(=O)c2ccc(Nc3ncc4c(n3)Cc3cc(Cl)cc(-c5c(F)cccc5F)c3C=N4)cc2Cl)CCN1. The largest absolute Gasteiger partial charge is 0.336 e. The highest BCUT2D eigenvalue weighted by Crippen LogP contribution is 2.36. The third-order valence-electron chi connectivity index (χ3n) is 7.11. The van der Waals surface area contributed by atoms with E-state index in [0.717, 1.165) is 12.1 Å². The lowest BCUT2D eigenvalue weighted by atomic mass is 9.93. The standard InChI is InChI=1S/C30H24Cl2F2N6O/c1-16-15-40(8-7-35-16)29(41)20-6-5-19(12-23(20)32)38-30-37-14-27-26(39-30)10-17-9-18(31)11-21(22(17)13-36-27)28-24(33)3-2-4-25(28)34/h2-6,9,11-14,16,35H,7-8,10,15H2,1H3,(H,37,38,39). The molecule has 0 saturated carbocycles. The maximum atomic E-state index is 14.7. The summed E-state index contributed by atoms with van der Waals surface area (Å²) >= 11 is 12.9. The molecule has 0 radical (unpaired) electrons. The molecule has 41 heavy (non-hydrogen) atoms. The third kappa shape index (κ3) is 5.53. The third-order valence-corrected chi connectivity index (χ3v) is 7.64. The van der Waals surface area contributed by atoms with Crippen molar-refractivity contribution in [3.8, 4) is 11.1 Å². The first kappa shape index (κ1) is 27.3. The second-order valence-corrected chi connectivity index (χ2v) is 10.9. The zero-order valence-electron chi connectivity index (χ0n) is 21.9. The minimum atomic E-state index is -0.690. The van der Waals surface area contributed by atoms with Gasteiger partial charge in [0.05, 0.1) is 28.0 Å². The van der Waals surface area contributed by atoms with Gasteiger partial charge in [-0.15, -0.1) is 0 Å². The number of nitrogens with one attached hydrogen (secondary N) is 2. The summed E-state index contributed by atoms with van der Waals surface area (Å²) < 4.78 is 29.4. The number of benzene rings is 3. The van der Waals surface area contributed by atoms with Crippen LogP contribution in [0.1, 0.15) is 34.1 Å². The van der Waals surface area contributed by atoms with Gasteiger partial charge in [-0.05, 0) is 60.5 Å². The van der Waals surface area contributed by atoms with Crippen LogP contribution in [-0.4, -0.2) is 52.7 Å². The van der Waals surface area contributed by atoms with Crippen LogP contribution in [-0.2, 0) is 6.42 Å². The second-order valence-electron chi connectivity index (χ2n) is 10.0. The van der Waals surface area contributed by atoms with E-state index >= 15 is 0 Å². The molecule has 1 unspecified atom stereocenters. The van der Waals surface area contributed by atoms with E-state index in [9.17, 15) is 13.6 Å². The Morgan fingerprint density at radius 2 is 1.93 bits per heavy atom. The zero-order chi connectivity index (χ0) is 28.7. The first-order valence-electron chi connectivity index (χ1n) is 13.0. The summed E-state index contributed by atoms with van der Waals surface area (Å²) in [4.78, 5) is 28.3. The predicted molar refractivity (Wildman–Crippen MR) is 157 cm³/mol. The molecule has 3 heterocycles. The minimum absolute atomic E-state index is 0.110. The number of aromatic nitrogens is 2. The molecule has 0 aliphatic carbocycles. The fourth-order valence-corrected chi connectivity index (χ4v) is 5.64. The molecule has 7 nitrogen and oxygen atoms in total. The molecule has 2 N–H and O–H groups in total. The summed E-state index contributed by atoms with van der Waals surface area (Å²) in [6, 6.07) is 12.3. The highest BCUT2D eigenvalue weighted by Gasteiger charge is 2.24. The summed E-state index contributed by atoms with van der Waals surface area (Å²) in [5.74, 6) is -1.19. The van der Waals surface area contributed by atoms with Gasteiger partial charge in [0, 0.05) is 54.6 Å². The van der Waals surface area contributed by atoms with E-state index in [0.29, 0.717) is 69.3 Å². The number of carbonyl (C=O) groups excluding carboxylic acids is 1. The Hall–Kier alpha value is -3.92. The van der Waals surface area contributed by atoms with Gasteiger partial charge >= 0.3 is 0 Å². The number of carbonyl (C=O) groups is 1. The second kappa shape index (κ2) is 11.2. The summed E-state index contributed by atoms with van der Waals surface area (Å²) in [6.45, 7) is 4.01. The monoisotopic (exact) mass is 592 g/mol. The fraction of sp³-hybridized carbons (Fsp3) is 0.200. The Labute approximate surface area is 245 Å². The first-order valence-corrected chi connectivity index (χ1v) is 13.8. The molecular formula is C30H24Cl2F2N6O. The first-order chi connectivity index (χ1) is 19.8. The average molecular weight is 593 g/mol. The fourth-order valence-electron chi connectivity index (χ4n) is 5.14. The van der Waals surface area contributed by atoms with Crippen molar-refractivity contribution >= 4 is 52.6 Å². The van der Waals surface area contributed by atoms with Crippen LogP contribution in [0.25, 0.3) is 11.1 Å². The van der Waals surface area contributed by atoms with Crippen LogP contribution in [0.4, 0.5) is 26.1 Å². The Morgan fingerprint density at radius 3 is 2.68 bits per heavy atom. The van der Waals surface area contributed by atoms with Gasteiger partial charge in [0.15, 0.2) is 0 Å². The summed E-state index contributed by atoms with van der Waals surface area (Å²) in [7, 11) is 0. The Kier molecular flexibility index (Phi) is 7.42. The molecule has 6 rings (SSSR count). The number of amides is 1. The molecule has 1 atom stereocenters. The molecule has 208 valence electrons. The minimum Gasteiger partial charge on any atom is -0.336 e. The lowest BCUT2D eigenvalue weighted by molar-refractivity contribution is 0.0709. The number of hydrogen-bond donors (Lipinski definition) is 2. The molecule has 2 aliphatic rings. The molecular weight excluding hydrogens is 569 g/mol. The molecule has 0 spiro atoms. The highest BCUT2D eigenvalue weighted by atomic mass is 35.5. The van der Waals surface area contributed by atoms with Crippen molar-refractivity contribution < 1.29 is 13.6 Å². The van der Waals surface area contributed by atoms with Gasteiger partial charge in [0.25, 0.3) is 5.91 Å². The topological polar surface area (TPSA) is 82.5 Å². The molecule has 1 fully saturated rings. The lowest BCUT2D eigenvalue weighted by Gasteiger charge is -2.32. The number of anilines is 2. The van der Waals surface area contributed by atoms with E-state index < -0.39 is 11.6 Å². The van der Waals surface area contributed by atoms with Crippen LogP contribution in [0, 0.1) is 11.6 Å². The van der Waals surface area contributed by atoms with Crippen molar-refractivity contribution in [3.05, 3.63) is 98.8 Å². The van der Waals surface area contributed by atoms with Crippen molar-refractivity contribution in [1.29, 1.82) is 0 Å². The van der Waals surface area contributed by atoms with E-state index in [2.05, 4.69) is 25.6 Å². The maximum Gasteiger partial charge on any atom is 0.255 e. The molecule has 3 aromatic carbocycles. The van der Waals surface area contributed by atoms with E-state index in [4.69, 9.17) is 23.2 Å². The number of piperazine rings is 1. The Bertz CT molecular complexity index is 1690. The molecule has 1 aromatic heterocycles. The van der Waals surface area contributed by atoms with Crippen LogP contribution >= 0.6 is 23.2 Å². The Balaban J connectivity index is 1.27. The van der Waals surface area contributed by atoms with Crippen LogP contribution in [0.3, 0.4) is 0 Å². The molecule has 1 saturated heterocycles. The summed E-state index contributed by atoms with van der Waals surface area (Å²) in [5, 5.41) is 7.12. The molecule has 0 bridgehead atoms. The maximum absolute atomic E-state index is 14.7. The number of nitrogens with zero attached hydrogens (tertiary/aromatic N) is 4. The highest BCUT2D eigenvalue weighted by molar-refractivity contribution is 6.34. The smallest absolute Gasteiger partial charge is 0.255 e. The Morgan fingerprint density at radius 1 is 1.12 bits per heavy atom. The number of hydrogen-bond acceptors (Lipinski definition) is 6. The van der Waals surface area contributed by atoms with Crippen molar-refractivity contribution in [1.82, 2.24) is 20.2 Å². The van der Waals surface area contributed by atoms with Gasteiger partial charge in [0.1, 0.15) is 17.3 Å². The zero-order valence-corrected chi connectivity index (χ0v) is 23.4. The van der Waals surface area contributed by atoms with E-state index in [1.54, 1.807) is 41.6 Å². The van der Waals surface area contributed by atoms with Gasteiger partial charge in [-0.3, -0.25) is 9.79 Å². The van der Waals surface area contributed by atoms with Gasteiger partial charge in [-0.25, -0.2) is 18.7 Å². The normalized spacial score (nSPS) is 16.1. The van der Waals surface area contributed by atoms with Crippen molar-refractivity contribution in [2.75, 3.05) is 25.0 Å². The van der Waals surface area contributed by atoms with Crippen molar-refractivity contribution in [2.24, 2.45) is 4.99 Å². The van der Waals surface area contributed by atoms with Crippen LogP contribution in [0.15, 0.2) is 59.7 Å². The summed E-state index contributed by atoms with van der Waals surface area (Å²) in [5.41, 5.74) is 3.58. The van der Waals surface area contributed by atoms with Crippen molar-refractivity contribution in [3.63, 3.8) is 0 Å². The van der Waals surface area contributed by atoms with E-state index in [1.807, 2.05) is 6.92 Å². The number of aliphatic imine (C=N–C) groups is 1. The van der Waals surface area contributed by atoms with Gasteiger partial charge in [-0.2, -0.15) is 0 Å². The van der Waals surface area contributed by atoms with Gasteiger partial charge < -0.3 is 15.5 Å².